The predicted octanol–water partition coefficient (Wildman–Crippen LogP) is 7.06. The van der Waals surface area contributed by atoms with E-state index >= 15 is 0 Å². The molecule has 12 heteroatoms. The van der Waals surface area contributed by atoms with Crippen molar-refractivity contribution in [1.29, 1.82) is 0 Å². The smallest absolute Gasteiger partial charge is 0.337 e. The number of halogens is 8. The van der Waals surface area contributed by atoms with E-state index in [0.717, 1.165) is 45.0 Å². The molecule has 0 bridgehead atoms. The molecule has 200 valence electrons. The SMILES string of the molecule is CC1C(C(F)(F)F)=CC(NC(=O)NCC(CCN2CCCC2)c2ccc(Cl)c(Cl)c2)=CC1C(F)(F)F. The van der Waals surface area contributed by atoms with Gasteiger partial charge in [0.2, 0.25) is 0 Å². The number of benzene rings is 1. The molecule has 3 unspecified atom stereocenters. The van der Waals surface area contributed by atoms with Crippen molar-refractivity contribution in [2.75, 3.05) is 26.2 Å². The number of amides is 2. The van der Waals surface area contributed by atoms with Crippen LogP contribution < -0.4 is 10.6 Å². The maximum Gasteiger partial charge on any atom is 0.413 e. The lowest BCUT2D eigenvalue weighted by Gasteiger charge is -2.31. The van der Waals surface area contributed by atoms with Crippen molar-refractivity contribution in [3.63, 3.8) is 0 Å². The van der Waals surface area contributed by atoms with Gasteiger partial charge in [-0.05, 0) is 68.7 Å². The molecule has 1 aliphatic carbocycles. The molecular weight excluding hydrogens is 531 g/mol. The van der Waals surface area contributed by atoms with Gasteiger partial charge in [-0.1, -0.05) is 36.2 Å². The fraction of sp³-hybridized carbons (Fsp3) is 0.542. The molecule has 2 amide bonds. The predicted molar refractivity (Wildman–Crippen MR) is 127 cm³/mol. The highest BCUT2D eigenvalue weighted by Gasteiger charge is 2.50. The zero-order chi connectivity index (χ0) is 26.7. The molecule has 0 aromatic heterocycles. The average Bonchev–Trinajstić information content (AvgIpc) is 3.29. The van der Waals surface area contributed by atoms with Crippen molar-refractivity contribution < 1.29 is 31.1 Å². The topological polar surface area (TPSA) is 44.4 Å². The van der Waals surface area contributed by atoms with E-state index in [1.807, 2.05) is 0 Å². The van der Waals surface area contributed by atoms with Gasteiger partial charge >= 0.3 is 18.4 Å². The number of nitrogens with one attached hydrogen (secondary N) is 2. The van der Waals surface area contributed by atoms with Crippen LogP contribution in [0.25, 0.3) is 0 Å². The van der Waals surface area contributed by atoms with Crippen LogP contribution in [-0.2, 0) is 0 Å². The van der Waals surface area contributed by atoms with Gasteiger partial charge in [0.1, 0.15) is 0 Å². The number of urea groups is 1. The Balaban J connectivity index is 1.71. The monoisotopic (exact) mass is 557 g/mol. The quantitative estimate of drug-likeness (QED) is 0.352. The standard InChI is InChI=1S/C24H27Cl2F6N3O/c1-14-18(23(27,28)29)11-17(12-19(14)24(30,31)32)34-22(36)33-13-16(6-9-35-7-2-3-8-35)15-4-5-20(25)21(26)10-15/h4-5,10-12,14,16,18H,2-3,6-9,13H2,1H3,(H2,33,34,36). The molecule has 3 atom stereocenters. The molecule has 0 saturated carbocycles. The molecule has 36 heavy (non-hydrogen) atoms. The minimum Gasteiger partial charge on any atom is -0.337 e. The highest BCUT2D eigenvalue weighted by atomic mass is 35.5. The van der Waals surface area contributed by atoms with Gasteiger partial charge in [0.05, 0.1) is 16.0 Å². The number of rotatable bonds is 7. The second kappa shape index (κ2) is 11.6. The van der Waals surface area contributed by atoms with Crippen LogP contribution in [0.15, 0.2) is 41.6 Å². The van der Waals surface area contributed by atoms with Gasteiger partial charge in [0.25, 0.3) is 0 Å². The highest BCUT2D eigenvalue weighted by molar-refractivity contribution is 6.42. The van der Waals surface area contributed by atoms with E-state index in [2.05, 4.69) is 15.5 Å². The number of carbonyl (C=O) groups excluding carboxylic acids is 1. The maximum atomic E-state index is 13.4. The largest absolute Gasteiger partial charge is 0.413 e. The van der Waals surface area contributed by atoms with Crippen LogP contribution in [0.2, 0.25) is 10.0 Å². The Morgan fingerprint density at radius 1 is 1.11 bits per heavy atom. The first-order valence-electron chi connectivity index (χ1n) is 11.5. The zero-order valence-corrected chi connectivity index (χ0v) is 21.0. The van der Waals surface area contributed by atoms with E-state index in [9.17, 15) is 31.1 Å². The Hall–Kier alpha value is -1.91. The van der Waals surface area contributed by atoms with Crippen molar-refractivity contribution in [2.45, 2.75) is 44.5 Å². The Kier molecular flexibility index (Phi) is 9.27. The molecular formula is C24H27Cl2F6N3O. The summed E-state index contributed by atoms with van der Waals surface area (Å²) in [5.74, 6) is -4.40. The van der Waals surface area contributed by atoms with Gasteiger partial charge in [-0.2, -0.15) is 26.3 Å². The summed E-state index contributed by atoms with van der Waals surface area (Å²) in [6, 6.07) is 4.20. The molecule has 4 nitrogen and oxygen atoms in total. The third-order valence-electron chi connectivity index (χ3n) is 6.58. The summed E-state index contributed by atoms with van der Waals surface area (Å²) in [6.45, 7) is 3.68. The Morgan fingerprint density at radius 2 is 1.78 bits per heavy atom. The number of likely N-dealkylation sites (tertiary alicyclic amines) is 1. The molecule has 1 fully saturated rings. The van der Waals surface area contributed by atoms with E-state index in [1.54, 1.807) is 18.2 Å². The van der Waals surface area contributed by atoms with Crippen LogP contribution in [0, 0.1) is 11.8 Å². The van der Waals surface area contributed by atoms with Gasteiger partial charge in [0.15, 0.2) is 0 Å². The number of nitrogens with zero attached hydrogens (tertiary/aromatic N) is 1. The number of hydrogen-bond donors (Lipinski definition) is 2. The molecule has 1 aromatic carbocycles. The van der Waals surface area contributed by atoms with E-state index in [1.165, 1.54) is 0 Å². The summed E-state index contributed by atoms with van der Waals surface area (Å²) in [4.78, 5) is 14.8. The first kappa shape index (κ1) is 28.7. The Bertz CT molecular complexity index is 1000. The summed E-state index contributed by atoms with van der Waals surface area (Å²) in [7, 11) is 0. The maximum absolute atomic E-state index is 13.4. The average molecular weight is 558 g/mol. The van der Waals surface area contributed by atoms with Crippen LogP contribution in [0.4, 0.5) is 31.1 Å². The van der Waals surface area contributed by atoms with Crippen LogP contribution in [0.3, 0.4) is 0 Å². The van der Waals surface area contributed by atoms with Crippen molar-refractivity contribution in [3.8, 4) is 0 Å². The molecule has 1 aromatic rings. The van der Waals surface area contributed by atoms with Crippen LogP contribution in [0.5, 0.6) is 0 Å². The molecule has 1 aliphatic heterocycles. The molecule has 1 heterocycles. The molecule has 3 rings (SSSR count). The summed E-state index contributed by atoms with van der Waals surface area (Å²) >= 11 is 12.2. The lowest BCUT2D eigenvalue weighted by atomic mass is 9.81. The van der Waals surface area contributed by atoms with E-state index in [4.69, 9.17) is 23.2 Å². The normalized spacial score (nSPS) is 22.1. The molecule has 0 spiro atoms. The number of alkyl halides is 6. The van der Waals surface area contributed by atoms with Gasteiger partial charge in [-0.25, -0.2) is 4.79 Å². The van der Waals surface area contributed by atoms with Crippen LogP contribution in [0.1, 0.15) is 37.7 Å². The zero-order valence-electron chi connectivity index (χ0n) is 19.4. The fourth-order valence-electron chi connectivity index (χ4n) is 4.56. The molecule has 2 aliphatic rings. The van der Waals surface area contributed by atoms with Gasteiger partial charge < -0.3 is 15.5 Å². The Labute approximate surface area is 215 Å². The fourth-order valence-corrected chi connectivity index (χ4v) is 4.87. The summed E-state index contributed by atoms with van der Waals surface area (Å²) < 4.78 is 80.3. The second-order valence-corrected chi connectivity index (χ2v) is 9.93. The lowest BCUT2D eigenvalue weighted by molar-refractivity contribution is -0.177. The van der Waals surface area contributed by atoms with E-state index < -0.39 is 41.5 Å². The van der Waals surface area contributed by atoms with Crippen LogP contribution in [-0.4, -0.2) is 49.5 Å². The van der Waals surface area contributed by atoms with Crippen LogP contribution >= 0.6 is 23.2 Å². The van der Waals surface area contributed by atoms with Crippen molar-refractivity contribution in [1.82, 2.24) is 15.5 Å². The number of carbonyl (C=O) groups is 1. The minimum atomic E-state index is -4.96. The minimum absolute atomic E-state index is 0.0971. The number of allylic oxidation sites excluding steroid dienone is 3. The van der Waals surface area contributed by atoms with E-state index in [-0.39, 0.29) is 12.5 Å². The van der Waals surface area contributed by atoms with Gasteiger partial charge in [-0.3, -0.25) is 0 Å². The van der Waals surface area contributed by atoms with Crippen molar-refractivity contribution >= 4 is 29.2 Å². The molecule has 0 radical (unpaired) electrons. The summed E-state index contributed by atoms with van der Waals surface area (Å²) in [5.41, 5.74) is -1.09. The van der Waals surface area contributed by atoms with Crippen molar-refractivity contribution in [3.05, 3.63) is 57.2 Å². The first-order valence-corrected chi connectivity index (χ1v) is 12.3. The van der Waals surface area contributed by atoms with Crippen molar-refractivity contribution in [2.24, 2.45) is 11.8 Å². The lowest BCUT2D eigenvalue weighted by Crippen LogP contribution is -2.41. The Morgan fingerprint density at radius 3 is 2.36 bits per heavy atom. The molecule has 1 saturated heterocycles. The summed E-state index contributed by atoms with van der Waals surface area (Å²) in [6.07, 6.45) is -5.82. The van der Waals surface area contributed by atoms with E-state index in [0.29, 0.717) is 28.6 Å². The first-order chi connectivity index (χ1) is 16.8. The summed E-state index contributed by atoms with van der Waals surface area (Å²) in [5, 5.41) is 5.44. The molecule has 2 N–H and O–H groups in total. The van der Waals surface area contributed by atoms with Gasteiger partial charge in [-0.15, -0.1) is 0 Å². The highest BCUT2D eigenvalue weighted by Crippen LogP contribution is 2.45. The second-order valence-electron chi connectivity index (χ2n) is 9.12. The third kappa shape index (κ3) is 7.55. The van der Waals surface area contributed by atoms with Gasteiger partial charge in [0, 0.05) is 29.7 Å². The number of hydrogen-bond acceptors (Lipinski definition) is 2. The third-order valence-corrected chi connectivity index (χ3v) is 7.32.